The molecule has 0 amide bonds. The van der Waals surface area contributed by atoms with Gasteiger partial charge >= 0.3 is 0 Å². The summed E-state index contributed by atoms with van der Waals surface area (Å²) >= 11 is 1.88. The molecule has 74 valence electrons. The molecule has 0 aromatic carbocycles. The quantitative estimate of drug-likeness (QED) is 0.781. The SMILES string of the molecule is CC(C)(C)SCc1ncc(CN)[nH]1. The Labute approximate surface area is 83.5 Å². The predicted octanol–water partition coefficient (Wildman–Crippen LogP) is 1.90. The van der Waals surface area contributed by atoms with E-state index in [1.165, 1.54) is 0 Å². The van der Waals surface area contributed by atoms with Crippen LogP contribution in [0.25, 0.3) is 0 Å². The fraction of sp³-hybridized carbons (Fsp3) is 0.667. The molecule has 0 fully saturated rings. The lowest BCUT2D eigenvalue weighted by Gasteiger charge is -2.16. The molecule has 1 aromatic rings. The average Bonchev–Trinajstić information content (AvgIpc) is 2.47. The summed E-state index contributed by atoms with van der Waals surface area (Å²) in [7, 11) is 0. The van der Waals surface area contributed by atoms with Gasteiger partial charge in [-0.05, 0) is 0 Å². The topological polar surface area (TPSA) is 54.7 Å². The molecule has 0 atom stereocenters. The fourth-order valence-corrected chi connectivity index (χ4v) is 1.58. The maximum absolute atomic E-state index is 5.47. The summed E-state index contributed by atoms with van der Waals surface area (Å²) in [6.45, 7) is 7.13. The summed E-state index contributed by atoms with van der Waals surface area (Å²) in [6, 6.07) is 0. The minimum atomic E-state index is 0.287. The van der Waals surface area contributed by atoms with Gasteiger partial charge in [-0.2, -0.15) is 0 Å². The van der Waals surface area contributed by atoms with E-state index in [9.17, 15) is 0 Å². The Hall–Kier alpha value is -0.480. The van der Waals surface area contributed by atoms with Crippen LogP contribution in [-0.4, -0.2) is 14.7 Å². The van der Waals surface area contributed by atoms with Gasteiger partial charge in [0.15, 0.2) is 0 Å². The van der Waals surface area contributed by atoms with E-state index in [1.54, 1.807) is 6.20 Å². The summed E-state index contributed by atoms with van der Waals surface area (Å²) in [4.78, 5) is 7.41. The van der Waals surface area contributed by atoms with Crippen LogP contribution in [0.5, 0.6) is 0 Å². The van der Waals surface area contributed by atoms with E-state index in [-0.39, 0.29) is 4.75 Å². The van der Waals surface area contributed by atoms with Crippen LogP contribution in [0.2, 0.25) is 0 Å². The van der Waals surface area contributed by atoms with Crippen LogP contribution in [0.1, 0.15) is 32.3 Å². The van der Waals surface area contributed by atoms with E-state index in [1.807, 2.05) is 11.8 Å². The minimum absolute atomic E-state index is 0.287. The van der Waals surface area contributed by atoms with Crippen LogP contribution in [0.3, 0.4) is 0 Å². The van der Waals surface area contributed by atoms with Crippen molar-refractivity contribution in [2.45, 2.75) is 37.8 Å². The van der Waals surface area contributed by atoms with Crippen LogP contribution in [-0.2, 0) is 12.3 Å². The van der Waals surface area contributed by atoms with Gasteiger partial charge in [-0.15, -0.1) is 11.8 Å². The molecule has 0 unspecified atom stereocenters. The number of hydrogen-bond donors (Lipinski definition) is 2. The molecule has 4 heteroatoms. The largest absolute Gasteiger partial charge is 0.344 e. The lowest BCUT2D eigenvalue weighted by molar-refractivity contribution is 0.800. The first-order chi connectivity index (χ1) is 6.01. The summed E-state index contributed by atoms with van der Waals surface area (Å²) in [5.41, 5.74) is 6.47. The van der Waals surface area contributed by atoms with Gasteiger partial charge in [0, 0.05) is 23.2 Å². The maximum Gasteiger partial charge on any atom is 0.116 e. The van der Waals surface area contributed by atoms with Crippen LogP contribution < -0.4 is 5.73 Å². The third kappa shape index (κ3) is 3.83. The predicted molar refractivity (Wildman–Crippen MR) is 57.5 cm³/mol. The number of imidazole rings is 1. The second kappa shape index (κ2) is 4.15. The van der Waals surface area contributed by atoms with Crippen LogP contribution in [0, 0.1) is 0 Å². The zero-order valence-electron chi connectivity index (χ0n) is 8.42. The van der Waals surface area contributed by atoms with E-state index in [0.717, 1.165) is 17.3 Å². The molecule has 0 saturated carbocycles. The highest BCUT2D eigenvalue weighted by molar-refractivity contribution is 7.99. The second-order valence-corrected chi connectivity index (χ2v) is 5.76. The maximum atomic E-state index is 5.47. The Kier molecular flexibility index (Phi) is 3.39. The molecule has 1 rings (SSSR count). The first-order valence-corrected chi connectivity index (χ1v) is 5.36. The van der Waals surface area contributed by atoms with Gasteiger partial charge in [0.2, 0.25) is 0 Å². The number of aromatic nitrogens is 2. The summed E-state index contributed by atoms with van der Waals surface area (Å²) in [5.74, 6) is 1.93. The second-order valence-electron chi connectivity index (χ2n) is 3.96. The highest BCUT2D eigenvalue weighted by Crippen LogP contribution is 2.25. The first-order valence-electron chi connectivity index (χ1n) is 4.38. The van der Waals surface area contributed by atoms with E-state index in [2.05, 4.69) is 30.7 Å². The Balaban J connectivity index is 2.46. The summed E-state index contributed by atoms with van der Waals surface area (Å²) in [6.07, 6.45) is 1.80. The molecule has 0 radical (unpaired) electrons. The van der Waals surface area contributed by atoms with Gasteiger partial charge in [0.25, 0.3) is 0 Å². The van der Waals surface area contributed by atoms with Gasteiger partial charge < -0.3 is 10.7 Å². The highest BCUT2D eigenvalue weighted by atomic mass is 32.2. The molecule has 3 nitrogen and oxygen atoms in total. The third-order valence-corrected chi connectivity index (χ3v) is 2.83. The van der Waals surface area contributed by atoms with Gasteiger partial charge in [-0.25, -0.2) is 4.98 Å². The molecule has 3 N–H and O–H groups in total. The lowest BCUT2D eigenvalue weighted by atomic mass is 10.3. The Morgan fingerprint density at radius 3 is 2.69 bits per heavy atom. The molecular formula is C9H17N3S. The molecule has 1 heterocycles. The van der Waals surface area contributed by atoms with E-state index in [4.69, 9.17) is 5.73 Å². The van der Waals surface area contributed by atoms with Crippen LogP contribution in [0.15, 0.2) is 6.20 Å². The molecule has 1 aromatic heterocycles. The monoisotopic (exact) mass is 199 g/mol. The number of thioether (sulfide) groups is 1. The standard InChI is InChI=1S/C9H17N3S/c1-9(2,3)13-6-8-11-5-7(4-10)12-8/h5H,4,6,10H2,1-3H3,(H,11,12). The Morgan fingerprint density at radius 2 is 2.23 bits per heavy atom. The van der Waals surface area contributed by atoms with Crippen molar-refractivity contribution >= 4 is 11.8 Å². The van der Waals surface area contributed by atoms with Gasteiger partial charge in [0.1, 0.15) is 5.82 Å². The number of nitrogens with zero attached hydrogens (tertiary/aromatic N) is 1. The number of H-pyrrole nitrogens is 1. The molecule has 0 spiro atoms. The first kappa shape index (κ1) is 10.6. The normalized spacial score (nSPS) is 12.0. The highest BCUT2D eigenvalue weighted by Gasteiger charge is 2.11. The average molecular weight is 199 g/mol. The molecular weight excluding hydrogens is 182 g/mol. The van der Waals surface area contributed by atoms with Crippen LogP contribution >= 0.6 is 11.8 Å². The van der Waals surface area contributed by atoms with Crippen molar-refractivity contribution < 1.29 is 0 Å². The van der Waals surface area contributed by atoms with E-state index >= 15 is 0 Å². The molecule has 0 aliphatic rings. The van der Waals surface area contributed by atoms with Crippen molar-refractivity contribution in [3.05, 3.63) is 17.7 Å². The van der Waals surface area contributed by atoms with Crippen molar-refractivity contribution in [3.63, 3.8) is 0 Å². The molecule has 0 aliphatic carbocycles. The van der Waals surface area contributed by atoms with Gasteiger partial charge in [-0.3, -0.25) is 0 Å². The molecule has 0 saturated heterocycles. The summed E-state index contributed by atoms with van der Waals surface area (Å²) < 4.78 is 0.287. The number of nitrogens with two attached hydrogens (primary N) is 1. The van der Waals surface area contributed by atoms with Crippen molar-refractivity contribution in [2.75, 3.05) is 0 Å². The van der Waals surface area contributed by atoms with Crippen molar-refractivity contribution in [1.82, 2.24) is 9.97 Å². The number of hydrogen-bond acceptors (Lipinski definition) is 3. The number of nitrogens with one attached hydrogen (secondary N) is 1. The number of rotatable bonds is 3. The molecule has 0 aliphatic heterocycles. The van der Waals surface area contributed by atoms with Crippen molar-refractivity contribution in [2.24, 2.45) is 5.73 Å². The lowest BCUT2D eigenvalue weighted by Crippen LogP contribution is -2.07. The molecule has 0 bridgehead atoms. The third-order valence-electron chi connectivity index (χ3n) is 1.54. The number of aromatic amines is 1. The van der Waals surface area contributed by atoms with Crippen molar-refractivity contribution in [3.8, 4) is 0 Å². The van der Waals surface area contributed by atoms with Gasteiger partial charge in [0.05, 0.1) is 5.75 Å². The van der Waals surface area contributed by atoms with E-state index < -0.39 is 0 Å². The smallest absolute Gasteiger partial charge is 0.116 e. The van der Waals surface area contributed by atoms with Gasteiger partial charge in [-0.1, -0.05) is 20.8 Å². The Bertz CT molecular complexity index is 262. The minimum Gasteiger partial charge on any atom is -0.344 e. The van der Waals surface area contributed by atoms with Crippen molar-refractivity contribution in [1.29, 1.82) is 0 Å². The fourth-order valence-electron chi connectivity index (χ4n) is 0.868. The molecule has 13 heavy (non-hydrogen) atoms. The summed E-state index contributed by atoms with van der Waals surface area (Å²) in [5, 5.41) is 0. The van der Waals surface area contributed by atoms with E-state index in [0.29, 0.717) is 6.54 Å². The zero-order valence-corrected chi connectivity index (χ0v) is 9.24. The van der Waals surface area contributed by atoms with Crippen LogP contribution in [0.4, 0.5) is 0 Å². The zero-order chi connectivity index (χ0) is 9.90. The Morgan fingerprint density at radius 1 is 1.54 bits per heavy atom.